The Morgan fingerprint density at radius 1 is 1.00 bits per heavy atom. The maximum absolute atomic E-state index is 4.72. The number of benzene rings is 1. The van der Waals surface area contributed by atoms with Crippen LogP contribution in [0, 0.1) is 0 Å². The highest BCUT2D eigenvalue weighted by Gasteiger charge is 2.15. The van der Waals surface area contributed by atoms with E-state index >= 15 is 0 Å². The molecule has 0 aliphatic carbocycles. The molecule has 0 atom stereocenters. The molecule has 1 saturated heterocycles. The Labute approximate surface area is 125 Å². The van der Waals surface area contributed by atoms with Gasteiger partial charge in [-0.1, -0.05) is 24.3 Å². The third kappa shape index (κ3) is 3.40. The molecule has 1 aliphatic rings. The molecule has 3 rings (SSSR count). The highest BCUT2D eigenvalue weighted by Crippen LogP contribution is 2.15. The van der Waals surface area contributed by atoms with Crippen LogP contribution in [0.3, 0.4) is 0 Å². The first-order valence-corrected chi connectivity index (χ1v) is 7.33. The van der Waals surface area contributed by atoms with Gasteiger partial charge < -0.3 is 4.90 Å². The molecule has 1 fully saturated rings. The van der Waals surface area contributed by atoms with Crippen LogP contribution in [0.4, 0.5) is 5.69 Å². The summed E-state index contributed by atoms with van der Waals surface area (Å²) in [6.07, 6.45) is 3.65. The van der Waals surface area contributed by atoms with Gasteiger partial charge in [0.1, 0.15) is 0 Å². The topological polar surface area (TPSA) is 31.7 Å². The standard InChI is InChI=1S/C17H20N4/c1-15(16-6-5-9-18-14-16)19-21-12-10-20(11-13-21)17-7-3-2-4-8-17/h2-9,14H,10-13H2,1H3/b19-15+. The van der Waals surface area contributed by atoms with Crippen LogP contribution in [-0.4, -0.2) is 41.9 Å². The number of rotatable bonds is 3. The first-order chi connectivity index (χ1) is 10.3. The number of piperazine rings is 1. The van der Waals surface area contributed by atoms with Gasteiger partial charge in [-0.3, -0.25) is 9.99 Å². The molecule has 108 valence electrons. The molecule has 0 spiro atoms. The Morgan fingerprint density at radius 3 is 2.43 bits per heavy atom. The summed E-state index contributed by atoms with van der Waals surface area (Å²) >= 11 is 0. The van der Waals surface area contributed by atoms with Crippen LogP contribution in [-0.2, 0) is 0 Å². The zero-order chi connectivity index (χ0) is 14.5. The Hall–Kier alpha value is -2.36. The lowest BCUT2D eigenvalue weighted by atomic mass is 10.2. The number of anilines is 1. The minimum absolute atomic E-state index is 0.951. The van der Waals surface area contributed by atoms with Gasteiger partial charge in [0.15, 0.2) is 0 Å². The Bertz CT molecular complexity index is 587. The van der Waals surface area contributed by atoms with Crippen molar-refractivity contribution in [1.82, 2.24) is 9.99 Å². The molecule has 0 N–H and O–H groups in total. The molecule has 4 nitrogen and oxygen atoms in total. The van der Waals surface area contributed by atoms with E-state index in [-0.39, 0.29) is 0 Å². The van der Waals surface area contributed by atoms with E-state index in [1.54, 1.807) is 6.20 Å². The quantitative estimate of drug-likeness (QED) is 0.810. The van der Waals surface area contributed by atoms with Crippen LogP contribution in [0.25, 0.3) is 0 Å². The van der Waals surface area contributed by atoms with E-state index in [4.69, 9.17) is 5.10 Å². The van der Waals surface area contributed by atoms with Gasteiger partial charge in [-0.05, 0) is 25.1 Å². The van der Waals surface area contributed by atoms with E-state index in [1.807, 2.05) is 25.3 Å². The lowest BCUT2D eigenvalue weighted by molar-refractivity contribution is 0.270. The molecule has 1 aliphatic heterocycles. The minimum atomic E-state index is 0.951. The van der Waals surface area contributed by atoms with Crippen LogP contribution in [0.2, 0.25) is 0 Å². The van der Waals surface area contributed by atoms with E-state index in [9.17, 15) is 0 Å². The summed E-state index contributed by atoms with van der Waals surface area (Å²) in [5, 5.41) is 6.87. The molecule has 0 bridgehead atoms. The van der Waals surface area contributed by atoms with Crippen molar-refractivity contribution in [3.8, 4) is 0 Å². The molecule has 2 heterocycles. The van der Waals surface area contributed by atoms with E-state index in [0.29, 0.717) is 0 Å². The van der Waals surface area contributed by atoms with Crippen LogP contribution in [0.5, 0.6) is 0 Å². The second-order valence-electron chi connectivity index (χ2n) is 5.20. The van der Waals surface area contributed by atoms with Gasteiger partial charge in [-0.25, -0.2) is 0 Å². The monoisotopic (exact) mass is 280 g/mol. The number of aromatic nitrogens is 1. The summed E-state index contributed by atoms with van der Waals surface area (Å²) in [4.78, 5) is 6.55. The lowest BCUT2D eigenvalue weighted by Crippen LogP contribution is -2.44. The Morgan fingerprint density at radius 2 is 1.76 bits per heavy atom. The lowest BCUT2D eigenvalue weighted by Gasteiger charge is -2.34. The normalized spacial score (nSPS) is 16.1. The minimum Gasteiger partial charge on any atom is -0.368 e. The van der Waals surface area contributed by atoms with Crippen molar-refractivity contribution in [2.75, 3.05) is 31.1 Å². The van der Waals surface area contributed by atoms with Crippen molar-refractivity contribution in [2.45, 2.75) is 6.92 Å². The third-order valence-corrected chi connectivity index (χ3v) is 3.75. The van der Waals surface area contributed by atoms with Crippen LogP contribution >= 0.6 is 0 Å². The highest BCUT2D eigenvalue weighted by molar-refractivity contribution is 5.98. The summed E-state index contributed by atoms with van der Waals surface area (Å²) in [7, 11) is 0. The summed E-state index contributed by atoms with van der Waals surface area (Å²) < 4.78 is 0. The second kappa shape index (κ2) is 6.39. The van der Waals surface area contributed by atoms with Crippen molar-refractivity contribution >= 4 is 11.4 Å². The first kappa shape index (κ1) is 13.6. The van der Waals surface area contributed by atoms with Gasteiger partial charge in [0.2, 0.25) is 0 Å². The zero-order valence-electron chi connectivity index (χ0n) is 12.3. The average Bonchev–Trinajstić information content (AvgIpc) is 2.57. The SMILES string of the molecule is C/C(=N\N1CCN(c2ccccc2)CC1)c1cccnc1. The van der Waals surface area contributed by atoms with E-state index in [1.165, 1.54) is 5.69 Å². The van der Waals surface area contributed by atoms with E-state index in [2.05, 4.69) is 45.2 Å². The summed E-state index contributed by atoms with van der Waals surface area (Å²) in [5.74, 6) is 0. The van der Waals surface area contributed by atoms with Gasteiger partial charge in [0.05, 0.1) is 18.8 Å². The van der Waals surface area contributed by atoms with Crippen LogP contribution < -0.4 is 4.90 Å². The fraction of sp³-hybridized carbons (Fsp3) is 0.294. The number of para-hydroxylation sites is 1. The number of pyridine rings is 1. The van der Waals surface area contributed by atoms with Crippen molar-refractivity contribution in [2.24, 2.45) is 5.10 Å². The molecule has 1 aromatic heterocycles. The second-order valence-corrected chi connectivity index (χ2v) is 5.20. The summed E-state index contributed by atoms with van der Waals surface area (Å²) in [5.41, 5.74) is 3.41. The van der Waals surface area contributed by atoms with Gasteiger partial charge in [-0.15, -0.1) is 0 Å². The van der Waals surface area contributed by atoms with Crippen LogP contribution in [0.15, 0.2) is 60.0 Å². The molecule has 2 aromatic rings. The molecule has 0 radical (unpaired) electrons. The van der Waals surface area contributed by atoms with Gasteiger partial charge >= 0.3 is 0 Å². The molecular weight excluding hydrogens is 260 g/mol. The molecule has 4 heteroatoms. The predicted octanol–water partition coefficient (Wildman–Crippen LogP) is 2.63. The van der Waals surface area contributed by atoms with Gasteiger partial charge in [-0.2, -0.15) is 5.10 Å². The smallest absolute Gasteiger partial charge is 0.0662 e. The third-order valence-electron chi connectivity index (χ3n) is 3.75. The van der Waals surface area contributed by atoms with Gasteiger partial charge in [0, 0.05) is 36.7 Å². The Kier molecular flexibility index (Phi) is 4.15. The fourth-order valence-electron chi connectivity index (χ4n) is 2.54. The average molecular weight is 280 g/mol. The van der Waals surface area contributed by atoms with Crippen molar-refractivity contribution < 1.29 is 0 Å². The number of hydrogen-bond donors (Lipinski definition) is 0. The largest absolute Gasteiger partial charge is 0.368 e. The number of nitrogens with zero attached hydrogens (tertiary/aromatic N) is 4. The molecule has 0 saturated carbocycles. The maximum Gasteiger partial charge on any atom is 0.0662 e. The molecule has 1 aromatic carbocycles. The highest BCUT2D eigenvalue weighted by atomic mass is 15.5. The van der Waals surface area contributed by atoms with Crippen molar-refractivity contribution in [1.29, 1.82) is 0 Å². The fourth-order valence-corrected chi connectivity index (χ4v) is 2.54. The molecular formula is C17H20N4. The van der Waals surface area contributed by atoms with Crippen molar-refractivity contribution in [3.63, 3.8) is 0 Å². The number of hydrogen-bond acceptors (Lipinski definition) is 4. The van der Waals surface area contributed by atoms with Crippen LogP contribution in [0.1, 0.15) is 12.5 Å². The van der Waals surface area contributed by atoms with E-state index < -0.39 is 0 Å². The molecule has 0 unspecified atom stereocenters. The summed E-state index contributed by atoms with van der Waals surface area (Å²) in [6, 6.07) is 14.6. The van der Waals surface area contributed by atoms with Crippen molar-refractivity contribution in [3.05, 3.63) is 60.4 Å². The molecule has 0 amide bonds. The molecule has 21 heavy (non-hydrogen) atoms. The van der Waals surface area contributed by atoms with Gasteiger partial charge in [0.25, 0.3) is 0 Å². The predicted molar refractivity (Wildman–Crippen MR) is 86.7 cm³/mol. The zero-order valence-corrected chi connectivity index (χ0v) is 12.3. The maximum atomic E-state index is 4.72. The first-order valence-electron chi connectivity index (χ1n) is 7.33. The van der Waals surface area contributed by atoms with E-state index in [0.717, 1.165) is 37.5 Å². The number of hydrazone groups is 1. The summed E-state index contributed by atoms with van der Waals surface area (Å²) in [6.45, 7) is 5.96. The Balaban J connectivity index is 1.61.